The van der Waals surface area contributed by atoms with Crippen LogP contribution in [-0.4, -0.2) is 17.0 Å². The third-order valence-corrected chi connectivity index (χ3v) is 8.42. The highest BCUT2D eigenvalue weighted by Crippen LogP contribution is 2.65. The van der Waals surface area contributed by atoms with E-state index in [0.29, 0.717) is 23.5 Å². The van der Waals surface area contributed by atoms with E-state index in [2.05, 4.69) is 13.8 Å². The molecule has 0 spiro atoms. The second-order valence-electron chi connectivity index (χ2n) is 8.88. The molecule has 0 radical (unpaired) electrons. The minimum atomic E-state index is -0.106. The highest BCUT2D eigenvalue weighted by molar-refractivity contribution is 5.87. The molecule has 2 nitrogen and oxygen atoms in total. The van der Waals surface area contributed by atoms with E-state index in [1.165, 1.54) is 32.1 Å². The van der Waals surface area contributed by atoms with E-state index in [0.717, 1.165) is 31.6 Å². The molecule has 4 aliphatic carbocycles. The second kappa shape index (κ2) is 4.57. The number of aliphatic hydroxyl groups is 1. The van der Waals surface area contributed by atoms with E-state index in [1.807, 2.05) is 0 Å². The van der Waals surface area contributed by atoms with E-state index >= 15 is 0 Å². The summed E-state index contributed by atoms with van der Waals surface area (Å²) in [6, 6.07) is 0. The first-order valence-corrected chi connectivity index (χ1v) is 9.19. The van der Waals surface area contributed by atoms with Gasteiger partial charge < -0.3 is 5.11 Å². The Morgan fingerprint density at radius 1 is 1.00 bits per heavy atom. The Morgan fingerprint density at radius 2 is 1.81 bits per heavy atom. The predicted molar refractivity (Wildman–Crippen MR) is 82.7 cm³/mol. The Hall–Kier alpha value is -0.370. The van der Waals surface area contributed by atoms with Crippen LogP contribution in [-0.2, 0) is 4.79 Å². The molecule has 1 N–H and O–H groups in total. The molecule has 0 aromatic rings. The van der Waals surface area contributed by atoms with Gasteiger partial charge in [-0.25, -0.2) is 0 Å². The van der Waals surface area contributed by atoms with Gasteiger partial charge in [0.05, 0.1) is 6.10 Å². The zero-order valence-electron chi connectivity index (χ0n) is 13.6. The highest BCUT2D eigenvalue weighted by atomic mass is 16.3. The van der Waals surface area contributed by atoms with Crippen LogP contribution in [0.5, 0.6) is 0 Å². The maximum atomic E-state index is 12.4. The number of ketones is 1. The van der Waals surface area contributed by atoms with E-state index < -0.39 is 0 Å². The van der Waals surface area contributed by atoms with E-state index in [9.17, 15) is 9.90 Å². The van der Waals surface area contributed by atoms with Crippen molar-refractivity contribution in [2.24, 2.45) is 34.5 Å². The third kappa shape index (κ3) is 1.72. The Labute approximate surface area is 128 Å². The second-order valence-corrected chi connectivity index (χ2v) is 8.88. The van der Waals surface area contributed by atoms with Gasteiger partial charge in [0, 0.05) is 11.8 Å². The van der Waals surface area contributed by atoms with Crippen LogP contribution < -0.4 is 0 Å². The molecule has 2 heteroatoms. The zero-order valence-corrected chi connectivity index (χ0v) is 13.6. The minimum Gasteiger partial charge on any atom is -0.393 e. The van der Waals surface area contributed by atoms with Crippen molar-refractivity contribution in [2.75, 3.05) is 0 Å². The molecule has 0 aliphatic heterocycles. The molecular formula is C19H30O2. The SMILES string of the molecule is C[C@]12C(O)CCCC1CC[C@@H]1[C@@H]2CC[C@]2(C)C(=O)CC[C@@H]12. The van der Waals surface area contributed by atoms with Gasteiger partial charge in [0.25, 0.3) is 0 Å². The quantitative estimate of drug-likeness (QED) is 0.733. The lowest BCUT2D eigenvalue weighted by Gasteiger charge is -2.61. The molecule has 0 bridgehead atoms. The van der Waals surface area contributed by atoms with Gasteiger partial charge in [-0.1, -0.05) is 20.3 Å². The first-order valence-electron chi connectivity index (χ1n) is 9.19. The molecule has 0 amide bonds. The van der Waals surface area contributed by atoms with Crippen molar-refractivity contribution in [3.8, 4) is 0 Å². The molecular weight excluding hydrogens is 260 g/mol. The standard InChI is InChI=1S/C19H30O2/c1-18-11-10-15-13(14(18)8-9-16(18)20)7-6-12-4-3-5-17(21)19(12,15)2/h12-15,17,21H,3-11H2,1-2H3/t12?,13-,14-,15-,17?,18-,19-/m0/s1. The molecule has 0 saturated heterocycles. The largest absolute Gasteiger partial charge is 0.393 e. The number of rotatable bonds is 0. The lowest BCUT2D eigenvalue weighted by molar-refractivity contribution is -0.163. The predicted octanol–water partition coefficient (Wildman–Crippen LogP) is 3.96. The van der Waals surface area contributed by atoms with Gasteiger partial charge in [-0.3, -0.25) is 4.79 Å². The van der Waals surface area contributed by atoms with Crippen molar-refractivity contribution in [3.63, 3.8) is 0 Å². The van der Waals surface area contributed by atoms with Crippen molar-refractivity contribution in [2.45, 2.75) is 77.7 Å². The molecule has 118 valence electrons. The maximum Gasteiger partial charge on any atom is 0.139 e. The zero-order chi connectivity index (χ0) is 14.8. The van der Waals surface area contributed by atoms with Crippen molar-refractivity contribution >= 4 is 5.78 Å². The topological polar surface area (TPSA) is 37.3 Å². The average molecular weight is 290 g/mol. The number of hydrogen-bond donors (Lipinski definition) is 1. The lowest BCUT2D eigenvalue weighted by Crippen LogP contribution is -2.57. The smallest absolute Gasteiger partial charge is 0.139 e. The lowest BCUT2D eigenvalue weighted by atomic mass is 9.44. The maximum absolute atomic E-state index is 12.4. The number of hydrogen-bond acceptors (Lipinski definition) is 2. The summed E-state index contributed by atoms with van der Waals surface area (Å²) in [5, 5.41) is 10.8. The summed E-state index contributed by atoms with van der Waals surface area (Å²) in [5.41, 5.74) is 0.109. The van der Waals surface area contributed by atoms with Gasteiger partial charge in [-0.15, -0.1) is 0 Å². The summed E-state index contributed by atoms with van der Waals surface area (Å²) < 4.78 is 0. The van der Waals surface area contributed by atoms with Crippen molar-refractivity contribution in [3.05, 3.63) is 0 Å². The first-order chi connectivity index (χ1) is 9.98. The van der Waals surface area contributed by atoms with Crippen LogP contribution in [0.2, 0.25) is 0 Å². The molecule has 7 atom stereocenters. The van der Waals surface area contributed by atoms with Crippen LogP contribution in [0.25, 0.3) is 0 Å². The molecule has 4 fully saturated rings. The first kappa shape index (κ1) is 14.2. The van der Waals surface area contributed by atoms with Crippen LogP contribution in [0.15, 0.2) is 0 Å². The molecule has 4 aliphatic rings. The van der Waals surface area contributed by atoms with Gasteiger partial charge in [0.15, 0.2) is 0 Å². The fourth-order valence-corrected chi connectivity index (χ4v) is 7.08. The third-order valence-electron chi connectivity index (χ3n) is 8.42. The molecule has 4 rings (SSSR count). The van der Waals surface area contributed by atoms with Crippen molar-refractivity contribution in [1.82, 2.24) is 0 Å². The summed E-state index contributed by atoms with van der Waals surface area (Å²) in [6.07, 6.45) is 10.2. The van der Waals surface area contributed by atoms with Crippen LogP contribution >= 0.6 is 0 Å². The minimum absolute atomic E-state index is 0.0238. The van der Waals surface area contributed by atoms with E-state index in [1.54, 1.807) is 0 Å². The Kier molecular flexibility index (Phi) is 3.10. The van der Waals surface area contributed by atoms with Gasteiger partial charge in [0.1, 0.15) is 5.78 Å². The molecule has 4 saturated carbocycles. The van der Waals surface area contributed by atoms with Crippen LogP contribution in [0.3, 0.4) is 0 Å². The molecule has 0 aromatic heterocycles. The molecule has 21 heavy (non-hydrogen) atoms. The number of Topliss-reactive ketones (excluding diaryl/α,β-unsaturated/α-hetero) is 1. The number of carbonyl (C=O) groups excluding carboxylic acids is 1. The summed E-state index contributed by atoms with van der Waals surface area (Å²) in [7, 11) is 0. The summed E-state index contributed by atoms with van der Waals surface area (Å²) >= 11 is 0. The number of aliphatic hydroxyl groups excluding tert-OH is 1. The fraction of sp³-hybridized carbons (Fsp3) is 0.947. The molecule has 0 aromatic carbocycles. The van der Waals surface area contributed by atoms with Gasteiger partial charge in [-0.2, -0.15) is 0 Å². The van der Waals surface area contributed by atoms with Gasteiger partial charge in [-0.05, 0) is 74.0 Å². The van der Waals surface area contributed by atoms with Crippen LogP contribution in [0.4, 0.5) is 0 Å². The highest BCUT2D eigenvalue weighted by Gasteiger charge is 2.61. The average Bonchev–Trinajstić information content (AvgIpc) is 2.76. The van der Waals surface area contributed by atoms with Crippen LogP contribution in [0, 0.1) is 34.5 Å². The van der Waals surface area contributed by atoms with Crippen molar-refractivity contribution in [1.29, 1.82) is 0 Å². The summed E-state index contributed by atoms with van der Waals surface area (Å²) in [6.45, 7) is 4.63. The van der Waals surface area contributed by atoms with Crippen LogP contribution in [0.1, 0.15) is 71.6 Å². The Morgan fingerprint density at radius 3 is 2.62 bits per heavy atom. The van der Waals surface area contributed by atoms with Gasteiger partial charge >= 0.3 is 0 Å². The number of fused-ring (bicyclic) bond motifs is 5. The Balaban J connectivity index is 1.69. The van der Waals surface area contributed by atoms with Gasteiger partial charge in [0.2, 0.25) is 0 Å². The summed E-state index contributed by atoms with van der Waals surface area (Å²) in [5.74, 6) is 3.22. The van der Waals surface area contributed by atoms with E-state index in [-0.39, 0.29) is 16.9 Å². The molecule has 2 unspecified atom stereocenters. The molecule has 0 heterocycles. The fourth-order valence-electron chi connectivity index (χ4n) is 7.08. The normalized spacial score (nSPS) is 56.5. The number of carbonyl (C=O) groups is 1. The van der Waals surface area contributed by atoms with E-state index in [4.69, 9.17) is 0 Å². The monoisotopic (exact) mass is 290 g/mol. The summed E-state index contributed by atoms with van der Waals surface area (Å²) in [4.78, 5) is 12.4. The Bertz CT molecular complexity index is 458. The van der Waals surface area contributed by atoms with Crippen molar-refractivity contribution < 1.29 is 9.90 Å².